The van der Waals surface area contributed by atoms with Gasteiger partial charge in [0.05, 0.1) is 19.0 Å². The average molecular weight is 431 g/mol. The van der Waals surface area contributed by atoms with Gasteiger partial charge < -0.3 is 20.5 Å². The predicted molar refractivity (Wildman–Crippen MR) is 119 cm³/mol. The summed E-state index contributed by atoms with van der Waals surface area (Å²) < 4.78 is 11.2. The highest BCUT2D eigenvalue weighted by atomic mass is 16.6. The second-order valence-electron chi connectivity index (χ2n) is 8.23. The maximum atomic E-state index is 13.0. The van der Waals surface area contributed by atoms with E-state index in [1.807, 2.05) is 13.8 Å². The number of nitrogens with two attached hydrogens (primary N) is 1. The second-order valence-corrected chi connectivity index (χ2v) is 8.23. The van der Waals surface area contributed by atoms with Crippen molar-refractivity contribution in [1.29, 1.82) is 0 Å². The number of esters is 1. The number of carbonyl (C=O) groups excluding carboxylic acids is 2. The number of rotatable bonds is 6. The first-order valence-electron chi connectivity index (χ1n) is 9.73. The highest BCUT2D eigenvalue weighted by molar-refractivity contribution is 5.87. The fourth-order valence-electron chi connectivity index (χ4n) is 2.73. The Morgan fingerprint density at radius 2 is 1.90 bits per heavy atom. The Kier molecular flexibility index (Phi) is 7.27. The SMILES string of the molecule is COC(=O)Cn1c(-c2cc(N)cc(NC(=O)OC(C)(C)C)c2)cnc(NC(C)C)c1=O. The predicted octanol–water partition coefficient (Wildman–Crippen LogP) is 2.83. The lowest BCUT2D eigenvalue weighted by Gasteiger charge is -2.20. The quantitative estimate of drug-likeness (QED) is 0.469. The molecule has 0 aliphatic rings. The van der Waals surface area contributed by atoms with Crippen molar-refractivity contribution >= 4 is 29.3 Å². The lowest BCUT2D eigenvalue weighted by atomic mass is 10.1. The average Bonchev–Trinajstić information content (AvgIpc) is 2.62. The second kappa shape index (κ2) is 9.50. The summed E-state index contributed by atoms with van der Waals surface area (Å²) in [6.07, 6.45) is 0.812. The van der Waals surface area contributed by atoms with Gasteiger partial charge in [0.15, 0.2) is 5.82 Å². The summed E-state index contributed by atoms with van der Waals surface area (Å²) >= 11 is 0. The monoisotopic (exact) mass is 431 g/mol. The summed E-state index contributed by atoms with van der Waals surface area (Å²) in [4.78, 5) is 41.2. The summed E-state index contributed by atoms with van der Waals surface area (Å²) in [5.41, 5.74) is 6.38. The van der Waals surface area contributed by atoms with E-state index in [2.05, 4.69) is 15.6 Å². The third kappa shape index (κ3) is 6.73. The van der Waals surface area contributed by atoms with Gasteiger partial charge in [-0.05, 0) is 52.8 Å². The van der Waals surface area contributed by atoms with Crippen molar-refractivity contribution in [3.05, 3.63) is 34.7 Å². The lowest BCUT2D eigenvalue weighted by molar-refractivity contribution is -0.141. The van der Waals surface area contributed by atoms with Crippen molar-refractivity contribution in [2.75, 3.05) is 23.5 Å². The summed E-state index contributed by atoms with van der Waals surface area (Å²) in [5, 5.41) is 5.58. The molecule has 1 heterocycles. The van der Waals surface area contributed by atoms with Crippen molar-refractivity contribution < 1.29 is 19.1 Å². The molecule has 1 aromatic carbocycles. The van der Waals surface area contributed by atoms with Crippen molar-refractivity contribution in [3.8, 4) is 11.3 Å². The molecule has 2 rings (SSSR count). The number of hydrogen-bond acceptors (Lipinski definition) is 8. The molecule has 0 aliphatic carbocycles. The van der Waals surface area contributed by atoms with E-state index in [0.29, 0.717) is 22.6 Å². The Hall–Kier alpha value is -3.56. The summed E-state index contributed by atoms with van der Waals surface area (Å²) in [7, 11) is 1.24. The highest BCUT2D eigenvalue weighted by Gasteiger charge is 2.19. The van der Waals surface area contributed by atoms with Crippen LogP contribution in [0.4, 0.5) is 22.0 Å². The van der Waals surface area contributed by atoms with Gasteiger partial charge in [-0.15, -0.1) is 0 Å². The van der Waals surface area contributed by atoms with E-state index in [4.69, 9.17) is 15.2 Å². The number of methoxy groups -OCH3 is 1. The molecule has 0 spiro atoms. The van der Waals surface area contributed by atoms with E-state index in [1.54, 1.807) is 39.0 Å². The first kappa shape index (κ1) is 23.7. The highest BCUT2D eigenvalue weighted by Crippen LogP contribution is 2.26. The van der Waals surface area contributed by atoms with Crippen molar-refractivity contribution in [2.24, 2.45) is 0 Å². The summed E-state index contributed by atoms with van der Waals surface area (Å²) in [6, 6.07) is 4.74. The molecule has 0 aliphatic heterocycles. The maximum Gasteiger partial charge on any atom is 0.412 e. The smallest absolute Gasteiger partial charge is 0.412 e. The molecule has 0 bridgehead atoms. The van der Waals surface area contributed by atoms with Crippen LogP contribution in [0.15, 0.2) is 29.2 Å². The van der Waals surface area contributed by atoms with Crippen LogP contribution in [0.2, 0.25) is 0 Å². The van der Waals surface area contributed by atoms with E-state index in [1.165, 1.54) is 17.9 Å². The van der Waals surface area contributed by atoms with E-state index < -0.39 is 23.2 Å². The minimum atomic E-state index is -0.669. The van der Waals surface area contributed by atoms with E-state index >= 15 is 0 Å². The third-order valence-corrected chi connectivity index (χ3v) is 3.89. The number of nitrogens with zero attached hydrogens (tertiary/aromatic N) is 2. The van der Waals surface area contributed by atoms with Crippen LogP contribution in [-0.2, 0) is 20.8 Å². The van der Waals surface area contributed by atoms with E-state index in [0.717, 1.165) is 0 Å². The molecule has 2 aromatic rings. The number of carbonyl (C=O) groups is 2. The molecule has 10 nitrogen and oxygen atoms in total. The van der Waals surface area contributed by atoms with Crippen LogP contribution < -0.4 is 21.9 Å². The maximum absolute atomic E-state index is 13.0. The number of benzene rings is 1. The van der Waals surface area contributed by atoms with E-state index in [-0.39, 0.29) is 18.4 Å². The van der Waals surface area contributed by atoms with Gasteiger partial charge in [0, 0.05) is 23.0 Å². The largest absolute Gasteiger partial charge is 0.468 e. The van der Waals surface area contributed by atoms with Crippen LogP contribution in [0.1, 0.15) is 34.6 Å². The zero-order valence-electron chi connectivity index (χ0n) is 18.6. The number of nitrogens with one attached hydrogen (secondary N) is 2. The normalized spacial score (nSPS) is 11.2. The minimum absolute atomic E-state index is 0.0328. The number of aromatic nitrogens is 2. The molecule has 168 valence electrons. The van der Waals surface area contributed by atoms with Crippen molar-refractivity contribution in [3.63, 3.8) is 0 Å². The molecule has 1 aromatic heterocycles. The van der Waals surface area contributed by atoms with Crippen LogP contribution >= 0.6 is 0 Å². The number of amides is 1. The van der Waals surface area contributed by atoms with Crippen LogP contribution in [0, 0.1) is 0 Å². The first-order valence-corrected chi connectivity index (χ1v) is 9.73. The lowest BCUT2D eigenvalue weighted by Crippen LogP contribution is -2.31. The molecule has 0 saturated carbocycles. The molecule has 0 radical (unpaired) electrons. The molecule has 31 heavy (non-hydrogen) atoms. The molecule has 0 fully saturated rings. The number of ether oxygens (including phenoxy) is 2. The van der Waals surface area contributed by atoms with Gasteiger partial charge in [-0.2, -0.15) is 0 Å². The minimum Gasteiger partial charge on any atom is -0.468 e. The van der Waals surface area contributed by atoms with Crippen LogP contribution in [0.3, 0.4) is 0 Å². The summed E-state index contributed by atoms with van der Waals surface area (Å²) in [5.74, 6) is -0.486. The van der Waals surface area contributed by atoms with Crippen molar-refractivity contribution in [1.82, 2.24) is 9.55 Å². The van der Waals surface area contributed by atoms with Gasteiger partial charge in [0.1, 0.15) is 12.1 Å². The Morgan fingerprint density at radius 3 is 2.48 bits per heavy atom. The molecule has 0 saturated heterocycles. The van der Waals surface area contributed by atoms with Crippen LogP contribution in [0.5, 0.6) is 0 Å². The molecule has 4 N–H and O–H groups in total. The molecule has 0 unspecified atom stereocenters. The molecule has 0 atom stereocenters. The van der Waals surface area contributed by atoms with Gasteiger partial charge in [0.25, 0.3) is 5.56 Å². The zero-order valence-corrected chi connectivity index (χ0v) is 18.6. The van der Waals surface area contributed by atoms with Gasteiger partial charge >= 0.3 is 12.1 Å². The Balaban J connectivity index is 2.52. The van der Waals surface area contributed by atoms with Gasteiger partial charge in [-0.3, -0.25) is 19.5 Å². The zero-order chi connectivity index (χ0) is 23.3. The molecule has 1 amide bonds. The number of anilines is 3. The van der Waals surface area contributed by atoms with Gasteiger partial charge in [-0.25, -0.2) is 9.78 Å². The number of hydrogen-bond donors (Lipinski definition) is 3. The summed E-state index contributed by atoms with van der Waals surface area (Å²) in [6.45, 7) is 8.67. The fraction of sp³-hybridized carbons (Fsp3) is 0.429. The molecular formula is C21H29N5O5. The van der Waals surface area contributed by atoms with Gasteiger partial charge in [0.2, 0.25) is 0 Å². The molecular weight excluding hydrogens is 402 g/mol. The van der Waals surface area contributed by atoms with Gasteiger partial charge in [-0.1, -0.05) is 0 Å². The number of nitrogen functional groups attached to an aromatic ring is 1. The Bertz CT molecular complexity index is 1020. The first-order chi connectivity index (χ1) is 14.4. The molecule has 10 heteroatoms. The van der Waals surface area contributed by atoms with Crippen LogP contribution in [-0.4, -0.2) is 40.4 Å². The van der Waals surface area contributed by atoms with Crippen molar-refractivity contribution in [2.45, 2.75) is 52.8 Å². The Morgan fingerprint density at radius 1 is 1.23 bits per heavy atom. The van der Waals surface area contributed by atoms with E-state index in [9.17, 15) is 14.4 Å². The Labute approximate surface area is 180 Å². The topological polar surface area (TPSA) is 138 Å². The van der Waals surface area contributed by atoms with Crippen LogP contribution in [0.25, 0.3) is 11.3 Å². The standard InChI is InChI=1S/C21H29N5O5/c1-12(2)24-18-19(28)26(11-17(27)30-6)16(10-23-18)13-7-14(22)9-15(8-13)25-20(29)31-21(3,4)5/h7-10,12H,11,22H2,1-6H3,(H,23,24)(H,25,29). The fourth-order valence-corrected chi connectivity index (χ4v) is 2.73. The third-order valence-electron chi connectivity index (χ3n) is 3.89.